The Morgan fingerprint density at radius 1 is 1.24 bits per heavy atom. The quantitative estimate of drug-likeness (QED) is 0.625. The van der Waals surface area contributed by atoms with Crippen LogP contribution in [0.25, 0.3) is 0 Å². The average molecular weight is 342 g/mol. The lowest BCUT2D eigenvalue weighted by Crippen LogP contribution is -2.29. The van der Waals surface area contributed by atoms with Gasteiger partial charge in [0.15, 0.2) is 5.71 Å². The minimum atomic E-state index is -0.348. The zero-order chi connectivity index (χ0) is 18.4. The molecule has 2 aromatic carbocycles. The molecule has 6 heteroatoms. The highest BCUT2D eigenvalue weighted by Crippen LogP contribution is 2.29. The van der Waals surface area contributed by atoms with E-state index in [1.165, 1.54) is 14.2 Å². The highest BCUT2D eigenvalue weighted by Gasteiger charge is 2.17. The van der Waals surface area contributed by atoms with Crippen molar-refractivity contribution < 1.29 is 19.5 Å². The van der Waals surface area contributed by atoms with Crippen LogP contribution in [0.2, 0.25) is 0 Å². The number of nitrogens with zero attached hydrogens (tertiary/aromatic N) is 1. The normalized spacial score (nSPS) is 11.1. The number of oxime groups is 1. The van der Waals surface area contributed by atoms with Gasteiger partial charge in [-0.2, -0.15) is 0 Å². The van der Waals surface area contributed by atoms with Gasteiger partial charge in [-0.25, -0.2) is 0 Å². The van der Waals surface area contributed by atoms with E-state index in [0.717, 1.165) is 11.1 Å². The molecule has 132 valence electrons. The van der Waals surface area contributed by atoms with E-state index in [2.05, 4.69) is 10.5 Å². The van der Waals surface area contributed by atoms with Crippen LogP contribution in [-0.2, 0) is 16.2 Å². The van der Waals surface area contributed by atoms with Gasteiger partial charge in [0.05, 0.1) is 0 Å². The van der Waals surface area contributed by atoms with Gasteiger partial charge in [-0.1, -0.05) is 29.4 Å². The van der Waals surface area contributed by atoms with E-state index in [-0.39, 0.29) is 24.0 Å². The molecule has 2 N–H and O–H groups in total. The lowest BCUT2D eigenvalue weighted by atomic mass is 10.0. The standard InChI is InChI=1S/C19H22N2O4/c1-12-9-16(22)13(2)17(10-12)25-11-14-7-5-6-8-15(14)18(21-24-4)19(23)20-3/h5-10,22H,11H2,1-4H3,(H,20,23)/b21-18+. The molecule has 0 aromatic heterocycles. The Hall–Kier alpha value is -3.02. The van der Waals surface area contributed by atoms with Crippen LogP contribution >= 0.6 is 0 Å². The van der Waals surface area contributed by atoms with Gasteiger partial charge in [-0.15, -0.1) is 0 Å². The number of carbonyl (C=O) groups excluding carboxylic acids is 1. The van der Waals surface area contributed by atoms with Crippen LogP contribution in [0.1, 0.15) is 22.3 Å². The third kappa shape index (κ3) is 4.29. The number of aromatic hydroxyl groups is 1. The number of likely N-dealkylation sites (N-methyl/N-ethyl adjacent to an activating group) is 1. The number of carbonyl (C=O) groups is 1. The molecule has 0 saturated heterocycles. The van der Waals surface area contributed by atoms with Gasteiger partial charge >= 0.3 is 0 Å². The summed E-state index contributed by atoms with van der Waals surface area (Å²) in [6.45, 7) is 3.90. The SMILES string of the molecule is CNC(=O)/C(=N/OC)c1ccccc1COc1cc(C)cc(O)c1C. The van der Waals surface area contributed by atoms with Gasteiger partial charge in [0.2, 0.25) is 0 Å². The van der Waals surface area contributed by atoms with Gasteiger partial charge in [0, 0.05) is 18.2 Å². The van der Waals surface area contributed by atoms with Crippen molar-refractivity contribution in [2.75, 3.05) is 14.2 Å². The van der Waals surface area contributed by atoms with Gasteiger partial charge < -0.3 is 20.0 Å². The van der Waals surface area contributed by atoms with Crippen molar-refractivity contribution in [2.45, 2.75) is 20.5 Å². The molecule has 0 saturated carbocycles. The van der Waals surface area contributed by atoms with E-state index in [1.54, 1.807) is 19.1 Å². The molecular weight excluding hydrogens is 320 g/mol. The summed E-state index contributed by atoms with van der Waals surface area (Å²) in [6.07, 6.45) is 0. The molecule has 0 fully saturated rings. The number of rotatable bonds is 6. The molecule has 0 aliphatic rings. The van der Waals surface area contributed by atoms with Gasteiger partial charge in [-0.3, -0.25) is 4.79 Å². The Morgan fingerprint density at radius 2 is 1.96 bits per heavy atom. The van der Waals surface area contributed by atoms with E-state index >= 15 is 0 Å². The third-order valence-corrected chi connectivity index (χ3v) is 3.76. The molecule has 0 bridgehead atoms. The first-order valence-electron chi connectivity index (χ1n) is 7.82. The number of hydrogen-bond acceptors (Lipinski definition) is 5. The Kier molecular flexibility index (Phi) is 6.00. The second-order valence-corrected chi connectivity index (χ2v) is 5.55. The molecule has 6 nitrogen and oxygen atoms in total. The molecule has 0 unspecified atom stereocenters. The second-order valence-electron chi connectivity index (χ2n) is 5.55. The lowest BCUT2D eigenvalue weighted by Gasteiger charge is -2.14. The van der Waals surface area contributed by atoms with Crippen molar-refractivity contribution in [3.63, 3.8) is 0 Å². The van der Waals surface area contributed by atoms with Crippen molar-refractivity contribution in [1.29, 1.82) is 0 Å². The Bertz CT molecular complexity index is 800. The molecule has 2 aromatic rings. The minimum Gasteiger partial charge on any atom is -0.508 e. The topological polar surface area (TPSA) is 80.2 Å². The van der Waals surface area contributed by atoms with Gasteiger partial charge in [0.25, 0.3) is 5.91 Å². The molecular formula is C19H22N2O4. The number of hydrogen-bond donors (Lipinski definition) is 2. The summed E-state index contributed by atoms with van der Waals surface area (Å²) in [5.41, 5.74) is 3.15. The molecule has 1 amide bonds. The molecule has 2 rings (SSSR count). The molecule has 0 spiro atoms. The zero-order valence-electron chi connectivity index (χ0n) is 14.8. The predicted molar refractivity (Wildman–Crippen MR) is 96.0 cm³/mol. The summed E-state index contributed by atoms with van der Waals surface area (Å²) >= 11 is 0. The van der Waals surface area contributed by atoms with Crippen LogP contribution in [0.5, 0.6) is 11.5 Å². The van der Waals surface area contributed by atoms with E-state index in [4.69, 9.17) is 9.57 Å². The van der Waals surface area contributed by atoms with E-state index in [0.29, 0.717) is 16.9 Å². The monoisotopic (exact) mass is 342 g/mol. The fraction of sp³-hybridized carbons (Fsp3) is 0.263. The summed E-state index contributed by atoms with van der Waals surface area (Å²) < 4.78 is 5.88. The number of nitrogens with one attached hydrogen (secondary N) is 1. The first kappa shape index (κ1) is 18.3. The average Bonchev–Trinajstić information content (AvgIpc) is 2.61. The van der Waals surface area contributed by atoms with Crippen molar-refractivity contribution in [3.05, 3.63) is 58.7 Å². The highest BCUT2D eigenvalue weighted by molar-refractivity contribution is 6.45. The largest absolute Gasteiger partial charge is 0.508 e. The van der Waals surface area contributed by atoms with Crippen molar-refractivity contribution in [1.82, 2.24) is 5.32 Å². The molecule has 0 aliphatic carbocycles. The smallest absolute Gasteiger partial charge is 0.273 e. The maximum Gasteiger partial charge on any atom is 0.273 e. The number of phenols is 1. The number of phenolic OH excluding ortho intramolecular Hbond substituents is 1. The number of amides is 1. The second kappa shape index (κ2) is 8.19. The van der Waals surface area contributed by atoms with Crippen LogP contribution in [0.15, 0.2) is 41.6 Å². The Balaban J connectivity index is 2.33. The maximum absolute atomic E-state index is 12.1. The summed E-state index contributed by atoms with van der Waals surface area (Å²) in [5, 5.41) is 16.3. The van der Waals surface area contributed by atoms with Crippen LogP contribution < -0.4 is 10.1 Å². The first-order chi connectivity index (χ1) is 12.0. The fourth-order valence-corrected chi connectivity index (χ4v) is 2.41. The zero-order valence-corrected chi connectivity index (χ0v) is 14.8. The number of benzene rings is 2. The highest BCUT2D eigenvalue weighted by atomic mass is 16.6. The number of ether oxygens (including phenoxy) is 1. The summed E-state index contributed by atoms with van der Waals surface area (Å²) in [4.78, 5) is 16.9. The van der Waals surface area contributed by atoms with Crippen LogP contribution in [-0.4, -0.2) is 30.9 Å². The molecule has 0 heterocycles. The maximum atomic E-state index is 12.1. The Labute approximate surface area is 147 Å². The van der Waals surface area contributed by atoms with Crippen LogP contribution in [0.3, 0.4) is 0 Å². The van der Waals surface area contributed by atoms with Gasteiger partial charge in [-0.05, 0) is 37.1 Å². The first-order valence-corrected chi connectivity index (χ1v) is 7.82. The molecule has 25 heavy (non-hydrogen) atoms. The summed E-state index contributed by atoms with van der Waals surface area (Å²) in [7, 11) is 2.92. The summed E-state index contributed by atoms with van der Waals surface area (Å²) in [5.74, 6) is 0.437. The van der Waals surface area contributed by atoms with Crippen LogP contribution in [0, 0.1) is 13.8 Å². The Morgan fingerprint density at radius 3 is 2.64 bits per heavy atom. The fourth-order valence-electron chi connectivity index (χ4n) is 2.41. The van der Waals surface area contributed by atoms with E-state index in [9.17, 15) is 9.90 Å². The number of aryl methyl sites for hydroxylation is 1. The van der Waals surface area contributed by atoms with Crippen molar-refractivity contribution >= 4 is 11.6 Å². The van der Waals surface area contributed by atoms with Gasteiger partial charge in [0.1, 0.15) is 25.2 Å². The lowest BCUT2D eigenvalue weighted by molar-refractivity contribution is -0.114. The summed E-state index contributed by atoms with van der Waals surface area (Å²) in [6, 6.07) is 10.9. The third-order valence-electron chi connectivity index (χ3n) is 3.76. The van der Waals surface area contributed by atoms with E-state index in [1.807, 2.05) is 31.2 Å². The predicted octanol–water partition coefficient (Wildman–Crippen LogP) is 2.68. The molecule has 0 radical (unpaired) electrons. The molecule has 0 aliphatic heterocycles. The minimum absolute atomic E-state index is 0.174. The molecule has 0 atom stereocenters. The van der Waals surface area contributed by atoms with E-state index < -0.39 is 0 Å². The van der Waals surface area contributed by atoms with Crippen LogP contribution in [0.4, 0.5) is 0 Å². The van der Waals surface area contributed by atoms with Crippen molar-refractivity contribution in [3.8, 4) is 11.5 Å². The van der Waals surface area contributed by atoms with Crippen molar-refractivity contribution in [2.24, 2.45) is 5.16 Å².